The van der Waals surface area contributed by atoms with Crippen molar-refractivity contribution in [1.29, 1.82) is 0 Å². The lowest BCUT2D eigenvalue weighted by atomic mass is 9.83. The summed E-state index contributed by atoms with van der Waals surface area (Å²) in [7, 11) is -0.543. The molecule has 0 bridgehead atoms. The van der Waals surface area contributed by atoms with Crippen LogP contribution < -0.4 is 5.32 Å². The van der Waals surface area contributed by atoms with E-state index in [2.05, 4.69) is 12.2 Å². The Morgan fingerprint density at radius 3 is 3.07 bits per heavy atom. The van der Waals surface area contributed by atoms with Crippen LogP contribution in [0, 0.1) is 5.92 Å². The van der Waals surface area contributed by atoms with E-state index in [-0.39, 0.29) is 0 Å². The number of hydrogen-bond donors (Lipinski definition) is 1. The van der Waals surface area contributed by atoms with Crippen molar-refractivity contribution < 1.29 is 4.21 Å². The fourth-order valence-electron chi connectivity index (χ4n) is 2.90. The minimum atomic E-state index is -0.543. The third-order valence-corrected chi connectivity index (χ3v) is 5.45. The molecular formula is C11H21NOS. The van der Waals surface area contributed by atoms with Gasteiger partial charge in [0.25, 0.3) is 0 Å². The van der Waals surface area contributed by atoms with Crippen LogP contribution >= 0.6 is 0 Å². The van der Waals surface area contributed by atoms with Gasteiger partial charge in [-0.05, 0) is 25.2 Å². The molecule has 1 aliphatic carbocycles. The van der Waals surface area contributed by atoms with Gasteiger partial charge in [0.2, 0.25) is 0 Å². The average Bonchev–Trinajstić information content (AvgIpc) is 2.20. The van der Waals surface area contributed by atoms with E-state index < -0.39 is 10.8 Å². The van der Waals surface area contributed by atoms with Gasteiger partial charge in [-0.15, -0.1) is 0 Å². The molecule has 0 radical (unpaired) electrons. The third kappa shape index (κ3) is 2.19. The molecule has 82 valence electrons. The minimum absolute atomic E-state index is 0.467. The zero-order valence-electron chi connectivity index (χ0n) is 9.00. The molecule has 0 spiro atoms. The lowest BCUT2D eigenvalue weighted by Gasteiger charge is -2.39. The van der Waals surface area contributed by atoms with Crippen LogP contribution in [0.4, 0.5) is 0 Å². The Kier molecular flexibility index (Phi) is 3.61. The fourth-order valence-corrected chi connectivity index (χ4v) is 4.61. The molecule has 2 aliphatic rings. The molecule has 0 aromatic carbocycles. The maximum absolute atomic E-state index is 11.8. The Morgan fingerprint density at radius 1 is 1.43 bits per heavy atom. The number of hydrogen-bond acceptors (Lipinski definition) is 2. The van der Waals surface area contributed by atoms with Crippen molar-refractivity contribution in [3.8, 4) is 0 Å². The summed E-state index contributed by atoms with van der Waals surface area (Å²) in [5.41, 5.74) is 0. The Bertz CT molecular complexity index is 219. The fraction of sp³-hybridized carbons (Fsp3) is 1.00. The van der Waals surface area contributed by atoms with Crippen molar-refractivity contribution in [1.82, 2.24) is 5.32 Å². The van der Waals surface area contributed by atoms with E-state index in [4.69, 9.17) is 0 Å². The normalized spacial score (nSPS) is 43.2. The second-order valence-corrected chi connectivity index (χ2v) is 6.43. The molecule has 4 unspecified atom stereocenters. The van der Waals surface area contributed by atoms with Gasteiger partial charge in [-0.25, -0.2) is 0 Å². The van der Waals surface area contributed by atoms with Crippen molar-refractivity contribution in [3.05, 3.63) is 0 Å². The highest BCUT2D eigenvalue weighted by atomic mass is 32.2. The molecular weight excluding hydrogens is 194 g/mol. The molecule has 1 saturated heterocycles. The van der Waals surface area contributed by atoms with Crippen LogP contribution in [0.25, 0.3) is 0 Å². The monoisotopic (exact) mass is 215 g/mol. The molecule has 2 rings (SSSR count). The zero-order chi connectivity index (χ0) is 9.97. The van der Waals surface area contributed by atoms with Gasteiger partial charge in [0.05, 0.1) is 5.25 Å². The van der Waals surface area contributed by atoms with Gasteiger partial charge >= 0.3 is 0 Å². The first-order chi connectivity index (χ1) is 6.81. The largest absolute Gasteiger partial charge is 0.312 e. The molecule has 4 atom stereocenters. The molecule has 1 heterocycles. The molecule has 0 aromatic rings. The topological polar surface area (TPSA) is 29.1 Å². The van der Waals surface area contributed by atoms with Gasteiger partial charge < -0.3 is 5.32 Å². The first kappa shape index (κ1) is 10.6. The minimum Gasteiger partial charge on any atom is -0.312 e. The molecule has 0 amide bonds. The second kappa shape index (κ2) is 4.75. The van der Waals surface area contributed by atoms with Gasteiger partial charge in [0, 0.05) is 29.1 Å². The first-order valence-electron chi connectivity index (χ1n) is 5.91. The van der Waals surface area contributed by atoms with E-state index in [0.29, 0.717) is 11.3 Å². The van der Waals surface area contributed by atoms with Crippen molar-refractivity contribution in [3.63, 3.8) is 0 Å². The lowest BCUT2D eigenvalue weighted by molar-refractivity contribution is 0.280. The highest BCUT2D eigenvalue weighted by molar-refractivity contribution is 7.85. The van der Waals surface area contributed by atoms with Gasteiger partial charge in [0.15, 0.2) is 0 Å². The van der Waals surface area contributed by atoms with Crippen LogP contribution in [0.3, 0.4) is 0 Å². The molecule has 0 aromatic heterocycles. The van der Waals surface area contributed by atoms with E-state index in [1.807, 2.05) is 0 Å². The first-order valence-corrected chi connectivity index (χ1v) is 7.30. The van der Waals surface area contributed by atoms with Gasteiger partial charge in [-0.3, -0.25) is 4.21 Å². The van der Waals surface area contributed by atoms with Crippen molar-refractivity contribution >= 4 is 10.8 Å². The highest BCUT2D eigenvalue weighted by Gasteiger charge is 2.35. The van der Waals surface area contributed by atoms with Gasteiger partial charge in [-0.1, -0.05) is 19.8 Å². The Labute approximate surface area is 89.3 Å². The summed E-state index contributed by atoms with van der Waals surface area (Å²) >= 11 is 0. The SMILES string of the molecule is CCCC1CCC2NCCS(=O)C2C1. The summed E-state index contributed by atoms with van der Waals surface area (Å²) in [5.74, 6) is 1.73. The standard InChI is InChI=1S/C11H21NOS/c1-2-3-9-4-5-10-11(8-9)14(13)7-6-12-10/h9-12H,2-8H2,1H3. The molecule has 14 heavy (non-hydrogen) atoms. The maximum Gasteiger partial charge on any atom is 0.0504 e. The smallest absolute Gasteiger partial charge is 0.0504 e. The summed E-state index contributed by atoms with van der Waals surface area (Å²) in [5, 5.41) is 3.99. The van der Waals surface area contributed by atoms with Crippen LogP contribution in [0.15, 0.2) is 0 Å². The molecule has 1 saturated carbocycles. The highest BCUT2D eigenvalue weighted by Crippen LogP contribution is 2.32. The van der Waals surface area contributed by atoms with E-state index >= 15 is 0 Å². The van der Waals surface area contributed by atoms with Crippen LogP contribution in [-0.4, -0.2) is 27.8 Å². The Hall–Kier alpha value is 0.110. The summed E-state index contributed by atoms with van der Waals surface area (Å²) in [6.45, 7) is 3.22. The molecule has 3 heteroatoms. The van der Waals surface area contributed by atoms with E-state index in [1.165, 1.54) is 32.1 Å². The summed E-state index contributed by atoms with van der Waals surface area (Å²) < 4.78 is 11.8. The molecule has 2 fully saturated rings. The molecule has 1 N–H and O–H groups in total. The third-order valence-electron chi connectivity index (χ3n) is 3.64. The van der Waals surface area contributed by atoms with Crippen LogP contribution in [0.5, 0.6) is 0 Å². The number of fused-ring (bicyclic) bond motifs is 1. The predicted octanol–water partition coefficient (Wildman–Crippen LogP) is 1.68. The average molecular weight is 215 g/mol. The number of rotatable bonds is 2. The van der Waals surface area contributed by atoms with E-state index in [0.717, 1.165) is 18.2 Å². The summed E-state index contributed by atoms with van der Waals surface area (Å²) in [6, 6.07) is 0.567. The van der Waals surface area contributed by atoms with Crippen LogP contribution in [0.1, 0.15) is 39.0 Å². The zero-order valence-corrected chi connectivity index (χ0v) is 9.81. The predicted molar refractivity (Wildman–Crippen MR) is 60.8 cm³/mol. The van der Waals surface area contributed by atoms with Gasteiger partial charge in [-0.2, -0.15) is 0 Å². The van der Waals surface area contributed by atoms with E-state index in [1.54, 1.807) is 0 Å². The van der Waals surface area contributed by atoms with Crippen LogP contribution in [-0.2, 0) is 10.8 Å². The Morgan fingerprint density at radius 2 is 2.29 bits per heavy atom. The molecule has 2 nitrogen and oxygen atoms in total. The molecule has 1 aliphatic heterocycles. The van der Waals surface area contributed by atoms with Crippen molar-refractivity contribution in [2.75, 3.05) is 12.3 Å². The second-order valence-electron chi connectivity index (χ2n) is 4.65. The lowest BCUT2D eigenvalue weighted by Crippen LogP contribution is -2.52. The number of nitrogens with one attached hydrogen (secondary N) is 1. The Balaban J connectivity index is 1.95. The van der Waals surface area contributed by atoms with Crippen molar-refractivity contribution in [2.24, 2.45) is 5.92 Å². The quantitative estimate of drug-likeness (QED) is 0.759. The van der Waals surface area contributed by atoms with Crippen molar-refractivity contribution in [2.45, 2.75) is 50.3 Å². The van der Waals surface area contributed by atoms with Gasteiger partial charge in [0.1, 0.15) is 0 Å². The van der Waals surface area contributed by atoms with Crippen LogP contribution in [0.2, 0.25) is 0 Å². The van der Waals surface area contributed by atoms with E-state index in [9.17, 15) is 4.21 Å². The summed E-state index contributed by atoms with van der Waals surface area (Å²) in [6.07, 6.45) is 6.42. The maximum atomic E-state index is 11.8. The summed E-state index contributed by atoms with van der Waals surface area (Å²) in [4.78, 5) is 0.